The Morgan fingerprint density at radius 3 is 2.41 bits per heavy atom. The van der Waals surface area contributed by atoms with Gasteiger partial charge in [0.25, 0.3) is 5.91 Å². The molecule has 2 aromatic rings. The van der Waals surface area contributed by atoms with Crippen LogP contribution in [-0.4, -0.2) is 79.0 Å². The molecule has 144 valence electrons. The molecule has 0 unspecified atom stereocenters. The molecule has 1 N–H and O–H groups in total. The predicted octanol–water partition coefficient (Wildman–Crippen LogP) is 1.55. The van der Waals surface area contributed by atoms with Gasteiger partial charge < -0.3 is 20.0 Å². The maximum absolute atomic E-state index is 13.1. The zero-order valence-electron chi connectivity index (χ0n) is 15.7. The fraction of sp³-hybridized carbons (Fsp3) is 0.421. The van der Waals surface area contributed by atoms with Gasteiger partial charge in [0.05, 0.1) is 12.4 Å². The summed E-state index contributed by atoms with van der Waals surface area (Å²) in [5.41, 5.74) is 1.32. The van der Waals surface area contributed by atoms with Gasteiger partial charge in [0, 0.05) is 45.0 Å². The number of hydrogen-bond acceptors (Lipinski definition) is 6. The molecule has 0 atom stereocenters. The Hall–Kier alpha value is -2.74. The number of carbonyl (C=O) groups is 1. The molecule has 1 aromatic heterocycles. The van der Waals surface area contributed by atoms with Crippen LogP contribution in [0.15, 0.2) is 36.7 Å². The summed E-state index contributed by atoms with van der Waals surface area (Å²) < 4.78 is 13.1. The highest BCUT2D eigenvalue weighted by Crippen LogP contribution is 2.17. The number of benzene rings is 1. The van der Waals surface area contributed by atoms with Crippen molar-refractivity contribution >= 4 is 17.4 Å². The Kier molecular flexibility index (Phi) is 6.18. The number of carbonyl (C=O) groups excluding carboxylic acids is 1. The lowest BCUT2D eigenvalue weighted by atomic mass is 10.2. The van der Waals surface area contributed by atoms with Gasteiger partial charge in [-0.05, 0) is 38.4 Å². The number of likely N-dealkylation sites (N-methyl/N-ethyl adjacent to an activating group) is 1. The van der Waals surface area contributed by atoms with Crippen molar-refractivity contribution in [2.45, 2.75) is 0 Å². The van der Waals surface area contributed by atoms with Crippen molar-refractivity contribution in [1.82, 2.24) is 19.8 Å². The number of anilines is 2. The van der Waals surface area contributed by atoms with E-state index in [2.05, 4.69) is 25.1 Å². The highest BCUT2D eigenvalue weighted by molar-refractivity contribution is 5.92. The first-order valence-electron chi connectivity index (χ1n) is 9.03. The molecule has 0 aliphatic carbocycles. The minimum Gasteiger partial charge on any atom is -0.368 e. The first kappa shape index (κ1) is 19.0. The van der Waals surface area contributed by atoms with Gasteiger partial charge in [-0.2, -0.15) is 0 Å². The summed E-state index contributed by atoms with van der Waals surface area (Å²) in [4.78, 5) is 27.2. The van der Waals surface area contributed by atoms with Gasteiger partial charge in [0.1, 0.15) is 17.3 Å². The van der Waals surface area contributed by atoms with Gasteiger partial charge in [-0.15, -0.1) is 0 Å². The van der Waals surface area contributed by atoms with E-state index in [9.17, 15) is 9.18 Å². The lowest BCUT2D eigenvalue weighted by molar-refractivity contribution is 0.0740. The van der Waals surface area contributed by atoms with Crippen LogP contribution in [0.4, 0.5) is 15.9 Å². The first-order chi connectivity index (χ1) is 13.0. The topological polar surface area (TPSA) is 64.6 Å². The number of aromatic nitrogens is 2. The van der Waals surface area contributed by atoms with E-state index in [-0.39, 0.29) is 11.7 Å². The van der Waals surface area contributed by atoms with Crippen LogP contribution < -0.4 is 10.2 Å². The van der Waals surface area contributed by atoms with Gasteiger partial charge in [0.2, 0.25) is 0 Å². The van der Waals surface area contributed by atoms with Crippen LogP contribution in [0.25, 0.3) is 0 Å². The Labute approximate surface area is 158 Å². The van der Waals surface area contributed by atoms with Crippen LogP contribution in [0.3, 0.4) is 0 Å². The number of hydrogen-bond donors (Lipinski definition) is 1. The maximum atomic E-state index is 13.1. The third-order valence-electron chi connectivity index (χ3n) is 4.49. The molecule has 0 saturated carbocycles. The fourth-order valence-electron chi connectivity index (χ4n) is 2.92. The van der Waals surface area contributed by atoms with Crippen molar-refractivity contribution in [3.8, 4) is 0 Å². The van der Waals surface area contributed by atoms with E-state index in [0.29, 0.717) is 37.7 Å². The smallest absolute Gasteiger partial charge is 0.274 e. The summed E-state index contributed by atoms with van der Waals surface area (Å²) in [7, 11) is 4.01. The van der Waals surface area contributed by atoms with Crippen molar-refractivity contribution in [3.63, 3.8) is 0 Å². The van der Waals surface area contributed by atoms with Crippen molar-refractivity contribution in [3.05, 3.63) is 48.2 Å². The number of amides is 1. The molecule has 8 heteroatoms. The monoisotopic (exact) mass is 372 g/mol. The second-order valence-corrected chi connectivity index (χ2v) is 6.77. The number of nitrogens with one attached hydrogen (secondary N) is 1. The number of rotatable bonds is 6. The maximum Gasteiger partial charge on any atom is 0.274 e. The third kappa shape index (κ3) is 5.13. The van der Waals surface area contributed by atoms with Gasteiger partial charge in [-0.1, -0.05) is 0 Å². The molecule has 1 saturated heterocycles. The fourth-order valence-corrected chi connectivity index (χ4v) is 2.92. The molecule has 1 amide bonds. The summed E-state index contributed by atoms with van der Waals surface area (Å²) in [6.07, 6.45) is 3.12. The third-order valence-corrected chi connectivity index (χ3v) is 4.49. The molecule has 27 heavy (non-hydrogen) atoms. The predicted molar refractivity (Wildman–Crippen MR) is 104 cm³/mol. The normalized spacial score (nSPS) is 14.5. The lowest BCUT2D eigenvalue weighted by Gasteiger charge is -2.35. The van der Waals surface area contributed by atoms with E-state index >= 15 is 0 Å². The minimum absolute atomic E-state index is 0.110. The lowest BCUT2D eigenvalue weighted by Crippen LogP contribution is -2.49. The van der Waals surface area contributed by atoms with Crippen molar-refractivity contribution in [1.29, 1.82) is 0 Å². The Morgan fingerprint density at radius 1 is 1.11 bits per heavy atom. The molecule has 0 spiro atoms. The van der Waals surface area contributed by atoms with E-state index in [1.54, 1.807) is 23.2 Å². The van der Waals surface area contributed by atoms with Gasteiger partial charge >= 0.3 is 0 Å². The molecule has 0 radical (unpaired) electrons. The average molecular weight is 372 g/mol. The summed E-state index contributed by atoms with van der Waals surface area (Å²) in [5, 5.41) is 3.18. The molecule has 1 aromatic carbocycles. The van der Waals surface area contributed by atoms with Crippen molar-refractivity contribution in [2.24, 2.45) is 0 Å². The average Bonchev–Trinajstić information content (AvgIpc) is 2.68. The second-order valence-electron chi connectivity index (χ2n) is 6.77. The molecule has 1 aliphatic heterocycles. The highest BCUT2D eigenvalue weighted by Gasteiger charge is 2.23. The van der Waals surface area contributed by atoms with E-state index in [4.69, 9.17) is 0 Å². The molecule has 2 heterocycles. The standard InChI is InChI=1S/C19H25FN6O/c1-24(2)8-7-21-18-14-22-17(13-23-18)19(27)26-11-9-25(10-12-26)16-5-3-15(20)4-6-16/h3-6,13-14H,7-12H2,1-2H3,(H,21,23). The first-order valence-corrected chi connectivity index (χ1v) is 9.03. The molecular weight excluding hydrogens is 347 g/mol. The molecule has 1 aliphatic rings. The second kappa shape index (κ2) is 8.77. The molecule has 0 bridgehead atoms. The zero-order chi connectivity index (χ0) is 19.2. The quantitative estimate of drug-likeness (QED) is 0.830. The van der Waals surface area contributed by atoms with Crippen LogP contribution in [0, 0.1) is 5.82 Å². The van der Waals surface area contributed by atoms with E-state index < -0.39 is 0 Å². The zero-order valence-corrected chi connectivity index (χ0v) is 15.7. The Bertz CT molecular complexity index is 742. The van der Waals surface area contributed by atoms with Gasteiger partial charge in [-0.3, -0.25) is 4.79 Å². The van der Waals surface area contributed by atoms with E-state index in [1.165, 1.54) is 18.3 Å². The molecule has 1 fully saturated rings. The number of halogens is 1. The molecule has 7 nitrogen and oxygen atoms in total. The summed E-state index contributed by atoms with van der Waals surface area (Å²) in [6, 6.07) is 6.44. The summed E-state index contributed by atoms with van der Waals surface area (Å²) in [5.74, 6) is 0.307. The Balaban J connectivity index is 1.52. The van der Waals surface area contributed by atoms with Crippen LogP contribution in [-0.2, 0) is 0 Å². The summed E-state index contributed by atoms with van der Waals surface area (Å²) in [6.45, 7) is 4.26. The van der Waals surface area contributed by atoms with Gasteiger partial charge in [0.15, 0.2) is 0 Å². The van der Waals surface area contributed by atoms with Gasteiger partial charge in [-0.25, -0.2) is 14.4 Å². The number of nitrogens with zero attached hydrogens (tertiary/aromatic N) is 5. The molecular formula is C19H25FN6O. The Morgan fingerprint density at radius 2 is 1.81 bits per heavy atom. The number of piperazine rings is 1. The minimum atomic E-state index is -0.245. The SMILES string of the molecule is CN(C)CCNc1cnc(C(=O)N2CCN(c3ccc(F)cc3)CC2)cn1. The largest absolute Gasteiger partial charge is 0.368 e. The van der Waals surface area contributed by atoms with Crippen molar-refractivity contribution in [2.75, 3.05) is 63.6 Å². The van der Waals surface area contributed by atoms with E-state index in [0.717, 1.165) is 18.8 Å². The van der Waals surface area contributed by atoms with Crippen LogP contribution >= 0.6 is 0 Å². The van der Waals surface area contributed by atoms with Crippen LogP contribution in [0.1, 0.15) is 10.5 Å². The molecule has 3 rings (SSSR count). The summed E-state index contributed by atoms with van der Waals surface area (Å²) >= 11 is 0. The van der Waals surface area contributed by atoms with Crippen LogP contribution in [0.5, 0.6) is 0 Å². The highest BCUT2D eigenvalue weighted by atomic mass is 19.1. The van der Waals surface area contributed by atoms with Crippen LogP contribution in [0.2, 0.25) is 0 Å². The van der Waals surface area contributed by atoms with Crippen molar-refractivity contribution < 1.29 is 9.18 Å². The van der Waals surface area contributed by atoms with E-state index in [1.807, 2.05) is 14.1 Å².